The molecule has 0 saturated carbocycles. The normalized spacial score (nSPS) is 11.0. The van der Waals surface area contributed by atoms with E-state index in [0.29, 0.717) is 29.7 Å². The van der Waals surface area contributed by atoms with Crippen LogP contribution in [0.25, 0.3) is 0 Å². The molecule has 0 N–H and O–H groups in total. The van der Waals surface area contributed by atoms with Gasteiger partial charge in [0.2, 0.25) is 0 Å². The molecule has 0 aliphatic carbocycles. The monoisotopic (exact) mass is 345 g/mol. The number of benzene rings is 2. The Morgan fingerprint density at radius 2 is 1.83 bits per heavy atom. The molecule has 2 aromatic carbocycles. The van der Waals surface area contributed by atoms with Crippen LogP contribution in [0, 0.1) is 13.8 Å². The Hall–Kier alpha value is -2.00. The lowest BCUT2D eigenvalue weighted by Gasteiger charge is -2.13. The molecule has 0 unspecified atom stereocenters. The second-order valence-electron chi connectivity index (χ2n) is 5.64. The van der Waals surface area contributed by atoms with E-state index in [4.69, 9.17) is 21.1 Å². The van der Waals surface area contributed by atoms with Gasteiger partial charge in [0.25, 0.3) is 0 Å². The third-order valence-electron chi connectivity index (χ3n) is 3.64. The average Bonchev–Trinajstić information content (AvgIpc) is 2.55. The van der Waals surface area contributed by atoms with Crippen molar-refractivity contribution in [3.05, 3.63) is 52.0 Å². The van der Waals surface area contributed by atoms with Gasteiger partial charge in [-0.3, -0.25) is 4.99 Å². The predicted molar refractivity (Wildman–Crippen MR) is 102 cm³/mol. The summed E-state index contributed by atoms with van der Waals surface area (Å²) in [4.78, 5) is 4.53. The molecule has 0 atom stereocenters. The molecule has 0 aliphatic heterocycles. The van der Waals surface area contributed by atoms with E-state index in [1.54, 1.807) is 6.21 Å². The molecule has 2 aromatic rings. The molecule has 0 bridgehead atoms. The van der Waals surface area contributed by atoms with E-state index < -0.39 is 0 Å². The van der Waals surface area contributed by atoms with E-state index in [2.05, 4.69) is 37.9 Å². The molecular weight excluding hydrogens is 322 g/mol. The molecule has 0 aliphatic rings. The highest BCUT2D eigenvalue weighted by Crippen LogP contribution is 2.36. The van der Waals surface area contributed by atoms with E-state index in [1.165, 1.54) is 11.1 Å². The fourth-order valence-electron chi connectivity index (χ4n) is 2.22. The number of nitrogens with zero attached hydrogens (tertiary/aromatic N) is 1. The standard InChI is InChI=1S/C20H24ClNO2/c1-5-9-24-20-18(21)11-16(12-19(20)23-6-2)13-22-17-8-7-14(3)15(4)10-17/h7-8,10-13H,5-6,9H2,1-4H3. The van der Waals surface area contributed by atoms with Crippen molar-refractivity contribution >= 4 is 23.5 Å². The Labute approximate surface area is 149 Å². The van der Waals surface area contributed by atoms with E-state index in [1.807, 2.05) is 25.1 Å². The van der Waals surface area contributed by atoms with Crippen molar-refractivity contribution in [3.63, 3.8) is 0 Å². The van der Waals surface area contributed by atoms with Gasteiger partial charge in [-0.1, -0.05) is 24.6 Å². The third-order valence-corrected chi connectivity index (χ3v) is 3.92. The largest absolute Gasteiger partial charge is 0.490 e. The first-order valence-electron chi connectivity index (χ1n) is 8.25. The average molecular weight is 346 g/mol. The van der Waals surface area contributed by atoms with Crippen molar-refractivity contribution in [2.24, 2.45) is 4.99 Å². The van der Waals surface area contributed by atoms with Crippen LogP contribution in [0.15, 0.2) is 35.3 Å². The number of ether oxygens (including phenoxy) is 2. The minimum Gasteiger partial charge on any atom is -0.490 e. The molecule has 0 saturated heterocycles. The second kappa shape index (κ2) is 8.74. The molecule has 2 rings (SSSR count). The second-order valence-corrected chi connectivity index (χ2v) is 6.05. The first kappa shape index (κ1) is 18.3. The zero-order valence-electron chi connectivity index (χ0n) is 14.7. The number of hydrogen-bond donors (Lipinski definition) is 0. The fraction of sp³-hybridized carbons (Fsp3) is 0.350. The van der Waals surface area contributed by atoms with Crippen molar-refractivity contribution in [3.8, 4) is 11.5 Å². The van der Waals surface area contributed by atoms with Gasteiger partial charge in [0.1, 0.15) is 0 Å². The summed E-state index contributed by atoms with van der Waals surface area (Å²) in [5.41, 5.74) is 4.28. The zero-order chi connectivity index (χ0) is 17.5. The summed E-state index contributed by atoms with van der Waals surface area (Å²) < 4.78 is 11.4. The molecule has 128 valence electrons. The summed E-state index contributed by atoms with van der Waals surface area (Å²) >= 11 is 6.37. The smallest absolute Gasteiger partial charge is 0.179 e. The quantitative estimate of drug-likeness (QED) is 0.585. The summed E-state index contributed by atoms with van der Waals surface area (Å²) in [5, 5.41) is 0.538. The first-order chi connectivity index (χ1) is 11.5. The minimum absolute atomic E-state index is 0.538. The predicted octanol–water partition coefficient (Wildman–Crippen LogP) is 5.89. The van der Waals surface area contributed by atoms with Crippen LogP contribution in [-0.4, -0.2) is 19.4 Å². The minimum atomic E-state index is 0.538. The molecule has 0 fully saturated rings. The highest BCUT2D eigenvalue weighted by molar-refractivity contribution is 6.32. The van der Waals surface area contributed by atoms with Crippen LogP contribution in [0.4, 0.5) is 5.69 Å². The number of halogens is 1. The summed E-state index contributed by atoms with van der Waals surface area (Å²) in [6, 6.07) is 9.89. The molecule has 0 spiro atoms. The Balaban J connectivity index is 2.29. The lowest BCUT2D eigenvalue weighted by molar-refractivity contribution is 0.277. The van der Waals surface area contributed by atoms with Crippen molar-refractivity contribution in [1.29, 1.82) is 0 Å². The number of aryl methyl sites for hydroxylation is 2. The maximum atomic E-state index is 6.37. The van der Waals surface area contributed by atoms with Crippen LogP contribution >= 0.6 is 11.6 Å². The maximum Gasteiger partial charge on any atom is 0.179 e. The van der Waals surface area contributed by atoms with Crippen LogP contribution in [-0.2, 0) is 0 Å². The van der Waals surface area contributed by atoms with Gasteiger partial charge in [0.05, 0.1) is 23.9 Å². The molecular formula is C20H24ClNO2. The lowest BCUT2D eigenvalue weighted by atomic mass is 10.1. The highest BCUT2D eigenvalue weighted by atomic mass is 35.5. The van der Waals surface area contributed by atoms with Gasteiger partial charge < -0.3 is 9.47 Å². The van der Waals surface area contributed by atoms with Crippen LogP contribution in [0.3, 0.4) is 0 Å². The molecule has 24 heavy (non-hydrogen) atoms. The van der Waals surface area contributed by atoms with E-state index in [-0.39, 0.29) is 0 Å². The van der Waals surface area contributed by atoms with Gasteiger partial charge in [-0.25, -0.2) is 0 Å². The van der Waals surface area contributed by atoms with Crippen molar-refractivity contribution in [2.45, 2.75) is 34.1 Å². The zero-order valence-corrected chi connectivity index (χ0v) is 15.5. The highest BCUT2D eigenvalue weighted by Gasteiger charge is 2.11. The van der Waals surface area contributed by atoms with Crippen LogP contribution in [0.5, 0.6) is 11.5 Å². The number of aliphatic imine (C=N–C) groups is 1. The summed E-state index contributed by atoms with van der Waals surface area (Å²) in [6.45, 7) is 9.32. The SMILES string of the molecule is CCCOc1c(Cl)cc(C=Nc2ccc(C)c(C)c2)cc1OCC. The van der Waals surface area contributed by atoms with Crippen LogP contribution in [0.2, 0.25) is 5.02 Å². The van der Waals surface area contributed by atoms with Gasteiger partial charge in [0, 0.05) is 6.21 Å². The van der Waals surface area contributed by atoms with Gasteiger partial charge in [-0.2, -0.15) is 0 Å². The van der Waals surface area contributed by atoms with Crippen molar-refractivity contribution in [2.75, 3.05) is 13.2 Å². The number of rotatable bonds is 7. The van der Waals surface area contributed by atoms with Gasteiger partial charge in [0.15, 0.2) is 11.5 Å². The molecule has 4 heteroatoms. The van der Waals surface area contributed by atoms with Crippen LogP contribution in [0.1, 0.15) is 37.0 Å². The van der Waals surface area contributed by atoms with Gasteiger partial charge in [-0.15, -0.1) is 0 Å². The topological polar surface area (TPSA) is 30.8 Å². The molecule has 0 heterocycles. The Kier molecular flexibility index (Phi) is 6.68. The molecule has 0 aromatic heterocycles. The first-order valence-corrected chi connectivity index (χ1v) is 8.63. The summed E-state index contributed by atoms with van der Waals surface area (Å²) in [7, 11) is 0. The van der Waals surface area contributed by atoms with Gasteiger partial charge >= 0.3 is 0 Å². The Bertz CT molecular complexity index is 726. The van der Waals surface area contributed by atoms with E-state index >= 15 is 0 Å². The molecule has 0 radical (unpaired) electrons. The van der Waals surface area contributed by atoms with E-state index in [9.17, 15) is 0 Å². The maximum absolute atomic E-state index is 6.37. The Morgan fingerprint density at radius 3 is 2.50 bits per heavy atom. The fourth-order valence-corrected chi connectivity index (χ4v) is 2.50. The lowest BCUT2D eigenvalue weighted by Crippen LogP contribution is -2.01. The number of hydrogen-bond acceptors (Lipinski definition) is 3. The van der Waals surface area contributed by atoms with Crippen molar-refractivity contribution in [1.82, 2.24) is 0 Å². The Morgan fingerprint density at radius 1 is 1.04 bits per heavy atom. The van der Waals surface area contributed by atoms with Crippen molar-refractivity contribution < 1.29 is 9.47 Å². The summed E-state index contributed by atoms with van der Waals surface area (Å²) in [5.74, 6) is 1.25. The molecule has 3 nitrogen and oxygen atoms in total. The van der Waals surface area contributed by atoms with Crippen LogP contribution < -0.4 is 9.47 Å². The molecule has 0 amide bonds. The van der Waals surface area contributed by atoms with Gasteiger partial charge in [-0.05, 0) is 68.1 Å². The third kappa shape index (κ3) is 4.75. The summed E-state index contributed by atoms with van der Waals surface area (Å²) in [6.07, 6.45) is 2.71. The van der Waals surface area contributed by atoms with E-state index in [0.717, 1.165) is 17.7 Å².